The lowest BCUT2D eigenvalue weighted by Gasteiger charge is -2.22. The lowest BCUT2D eigenvalue weighted by atomic mass is 9.81. The van der Waals surface area contributed by atoms with Crippen LogP contribution in [0.1, 0.15) is 11.1 Å². The van der Waals surface area contributed by atoms with Crippen molar-refractivity contribution >= 4 is 129 Å². The summed E-state index contributed by atoms with van der Waals surface area (Å²) >= 11 is 0. The molecule has 28 rings (SSSR count). The summed E-state index contributed by atoms with van der Waals surface area (Å²) in [6.45, 7) is 4.43. The largest absolute Gasteiger partial charge is 0.497 e. The Labute approximate surface area is 837 Å². The van der Waals surface area contributed by atoms with Gasteiger partial charge in [0.05, 0.1) is 7.11 Å². The number of hydrogen-bond donors (Lipinski definition) is 0. The Morgan fingerprint density at radius 2 is 0.271 bits per heavy atom. The van der Waals surface area contributed by atoms with Gasteiger partial charge in [-0.2, -0.15) is 0 Å². The average Bonchev–Trinajstić information content (AvgIpc) is 0.707. The van der Waals surface area contributed by atoms with Crippen LogP contribution in [0, 0.1) is 13.8 Å². The van der Waals surface area contributed by atoms with Gasteiger partial charge in [-0.3, -0.25) is 0 Å². The van der Waals surface area contributed by atoms with Gasteiger partial charge in [0.1, 0.15) is 5.75 Å². The molecule has 0 heterocycles. The molecule has 0 amide bonds. The Bertz CT molecular complexity index is 9600. The van der Waals surface area contributed by atoms with E-state index in [2.05, 4.69) is 529 Å². The van der Waals surface area contributed by atoms with E-state index in [1.165, 1.54) is 291 Å². The van der Waals surface area contributed by atoms with Crippen LogP contribution in [-0.4, -0.2) is 7.11 Å². The maximum Gasteiger partial charge on any atom is 0.118 e. The molecule has 1 heteroatoms. The van der Waals surface area contributed by atoms with Gasteiger partial charge >= 0.3 is 0 Å². The number of aryl methyl sites for hydroxylation is 2. The lowest BCUT2D eigenvalue weighted by Crippen LogP contribution is -1.95. The predicted molar refractivity (Wildman–Crippen MR) is 617 cm³/mol. The highest BCUT2D eigenvalue weighted by atomic mass is 16.5. The fraction of sp³-hybridized carbons (Fsp3) is 0.0210. The Morgan fingerprint density at radius 1 is 0.118 bits per heavy atom. The fourth-order valence-electron chi connectivity index (χ4n) is 23.6. The first kappa shape index (κ1) is 84.8. The van der Waals surface area contributed by atoms with Gasteiger partial charge in [-0.1, -0.05) is 490 Å². The van der Waals surface area contributed by atoms with E-state index in [1.807, 2.05) is 0 Å². The Kier molecular flexibility index (Phi) is 20.7. The molecule has 144 heavy (non-hydrogen) atoms. The van der Waals surface area contributed by atoms with Gasteiger partial charge in [0, 0.05) is 0 Å². The van der Waals surface area contributed by atoms with Crippen molar-refractivity contribution in [3.8, 4) is 162 Å². The van der Waals surface area contributed by atoms with Crippen LogP contribution in [0.4, 0.5) is 0 Å². The highest BCUT2D eigenvalue weighted by Gasteiger charge is 2.27. The summed E-state index contributed by atoms with van der Waals surface area (Å²) in [5.74, 6) is 0.841. The van der Waals surface area contributed by atoms with Gasteiger partial charge < -0.3 is 4.74 Å². The molecule has 0 aliphatic heterocycles. The van der Waals surface area contributed by atoms with E-state index in [-0.39, 0.29) is 0 Å². The molecule has 0 fully saturated rings. The molecular formula is C143H94O. The molecule has 0 saturated heterocycles. The molecule has 28 aromatic rings. The summed E-state index contributed by atoms with van der Waals surface area (Å²) in [5.41, 5.74) is 36.6. The van der Waals surface area contributed by atoms with Crippen molar-refractivity contribution < 1.29 is 4.74 Å². The first-order valence-corrected chi connectivity index (χ1v) is 50.0. The van der Waals surface area contributed by atoms with Crippen molar-refractivity contribution in [2.24, 2.45) is 0 Å². The Morgan fingerprint density at radius 3 is 0.451 bits per heavy atom. The molecule has 0 unspecified atom stereocenters. The molecule has 0 atom stereocenters. The van der Waals surface area contributed by atoms with E-state index in [0.717, 1.165) is 11.3 Å². The third kappa shape index (κ3) is 14.7. The van der Waals surface area contributed by atoms with Crippen LogP contribution in [0.3, 0.4) is 0 Å². The minimum absolute atomic E-state index is 0.841. The van der Waals surface area contributed by atoms with Crippen molar-refractivity contribution in [2.45, 2.75) is 13.8 Å². The summed E-state index contributed by atoms with van der Waals surface area (Å²) < 4.78 is 5.67. The SMILES string of the molecule is COc1ccc(-c2cc(-c3ccc(-c4cccc5ccccc45)cc3)c3ccc4c(-c5ccc(-c6cccc7ccccc67)cc5)cc(-c5ccc(-c6cccc7ccccc67)cc5)c5ccc2c3c54)cc1.Cc1cc(C)cc(-c2cc(-c3ccc(-c4cccc5ccccc45)cc3)c3ccc4c(-c5ccc(-c6cccc7ccccc67)cc5)cc(-c5ccc(-c6cccc7ccccc67)cc5)c5ccc2c3c45)c1. The zero-order valence-corrected chi connectivity index (χ0v) is 80.0. The van der Waals surface area contributed by atoms with E-state index < -0.39 is 0 Å². The third-order valence-corrected chi connectivity index (χ3v) is 30.5. The van der Waals surface area contributed by atoms with Crippen molar-refractivity contribution in [1.29, 1.82) is 0 Å². The maximum atomic E-state index is 5.67. The summed E-state index contributed by atoms with van der Waals surface area (Å²) in [4.78, 5) is 0. The van der Waals surface area contributed by atoms with Crippen molar-refractivity contribution in [3.63, 3.8) is 0 Å². The van der Waals surface area contributed by atoms with Gasteiger partial charge in [0.15, 0.2) is 0 Å². The normalized spacial score (nSPS) is 11.7. The Hall–Kier alpha value is -18.4. The van der Waals surface area contributed by atoms with E-state index in [1.54, 1.807) is 7.11 Å². The number of benzene rings is 28. The molecule has 0 N–H and O–H groups in total. The minimum atomic E-state index is 0.841. The Balaban J connectivity index is 0.000000143. The van der Waals surface area contributed by atoms with Gasteiger partial charge in [0.2, 0.25) is 0 Å². The van der Waals surface area contributed by atoms with Crippen molar-refractivity contribution in [1.82, 2.24) is 0 Å². The molecule has 0 saturated carbocycles. The highest BCUT2D eigenvalue weighted by molar-refractivity contribution is 6.34. The van der Waals surface area contributed by atoms with E-state index >= 15 is 0 Å². The summed E-state index contributed by atoms with van der Waals surface area (Å²) in [7, 11) is 1.73. The minimum Gasteiger partial charge on any atom is -0.497 e. The second-order valence-corrected chi connectivity index (χ2v) is 38.8. The lowest BCUT2D eigenvalue weighted by molar-refractivity contribution is 0.415. The van der Waals surface area contributed by atoms with E-state index in [0.29, 0.717) is 0 Å². The van der Waals surface area contributed by atoms with Crippen LogP contribution >= 0.6 is 0 Å². The smallest absolute Gasteiger partial charge is 0.118 e. The van der Waals surface area contributed by atoms with E-state index in [9.17, 15) is 0 Å². The zero-order chi connectivity index (χ0) is 95.6. The molecule has 0 bridgehead atoms. The van der Waals surface area contributed by atoms with Crippen molar-refractivity contribution in [2.75, 3.05) is 7.11 Å². The van der Waals surface area contributed by atoms with Crippen LogP contribution in [0.2, 0.25) is 0 Å². The van der Waals surface area contributed by atoms with Crippen LogP contribution in [-0.2, 0) is 0 Å². The molecule has 28 aromatic carbocycles. The topological polar surface area (TPSA) is 9.23 Å². The molecular weight excluding hydrogens is 1730 g/mol. The second kappa shape index (κ2) is 35.2. The molecule has 0 aromatic heterocycles. The standard InChI is InChI=1S/C72H48.C71H46O/c1-45-40-46(2)42-56(41-45)70-44-69(55-34-28-52(29-35-55)62-23-11-17-49-14-5-8-20-59(49)62)65-37-36-63-67(53-30-24-50(25-31-53)60-21-9-15-47-12-3-6-18-57(47)60)43-68(64-38-39-66(70)72(65)71(63)64)54-32-26-51(27-33-54)61-22-10-16-48-13-4-7-19-58(48)61;1-72-55-37-35-54(36-38-55)69-44-68(53-33-27-50(28-34-53)61-22-10-16-47-13-4-7-19-58(47)61)64-40-39-62-66(51-29-23-48(24-30-51)59-20-8-14-45-11-2-5-17-56(45)59)43-67(63-41-42-65(69)71(64)70(62)63)52-31-25-49(26-32-52)60-21-9-15-46-12-3-6-18-57(46)60/h3-44H,1-2H3;2-44H,1H3. The van der Waals surface area contributed by atoms with Gasteiger partial charge in [-0.25, -0.2) is 0 Å². The summed E-state index contributed by atoms with van der Waals surface area (Å²) in [6.07, 6.45) is 0. The van der Waals surface area contributed by atoms with Crippen LogP contribution in [0.25, 0.3) is 285 Å². The summed E-state index contributed by atoms with van der Waals surface area (Å²) in [5, 5.41) is 30.2. The number of rotatable bonds is 15. The van der Waals surface area contributed by atoms with Crippen molar-refractivity contribution in [3.05, 3.63) is 527 Å². The molecule has 1 nitrogen and oxygen atoms in total. The fourth-order valence-corrected chi connectivity index (χ4v) is 23.6. The number of hydrogen-bond acceptors (Lipinski definition) is 1. The third-order valence-electron chi connectivity index (χ3n) is 30.5. The highest BCUT2D eigenvalue weighted by Crippen LogP contribution is 2.54. The molecule has 0 spiro atoms. The first-order valence-electron chi connectivity index (χ1n) is 50.0. The van der Waals surface area contributed by atoms with Crippen LogP contribution in [0.15, 0.2) is 516 Å². The van der Waals surface area contributed by atoms with Gasteiger partial charge in [-0.05, 0) is 335 Å². The quantitative estimate of drug-likeness (QED) is 0.0930. The first-order chi connectivity index (χ1) is 71.1. The molecule has 0 aliphatic rings. The van der Waals surface area contributed by atoms with E-state index in [4.69, 9.17) is 4.74 Å². The summed E-state index contributed by atoms with van der Waals surface area (Å²) in [6, 6.07) is 192. The molecule has 0 radical (unpaired) electrons. The second-order valence-electron chi connectivity index (χ2n) is 38.8. The molecule has 0 aliphatic carbocycles. The predicted octanol–water partition coefficient (Wildman–Crippen LogP) is 40.1. The van der Waals surface area contributed by atoms with Crippen LogP contribution < -0.4 is 4.74 Å². The van der Waals surface area contributed by atoms with Crippen LogP contribution in [0.5, 0.6) is 5.75 Å². The maximum absolute atomic E-state index is 5.67. The van der Waals surface area contributed by atoms with Gasteiger partial charge in [0.25, 0.3) is 0 Å². The average molecular weight is 1830 g/mol. The molecule has 672 valence electrons. The number of ether oxygens (including phenoxy) is 1. The monoisotopic (exact) mass is 1830 g/mol. The number of methoxy groups -OCH3 is 1. The number of fused-ring (bicyclic) bond motifs is 6. The zero-order valence-electron chi connectivity index (χ0n) is 80.0. The van der Waals surface area contributed by atoms with Gasteiger partial charge in [-0.15, -0.1) is 0 Å².